The van der Waals surface area contributed by atoms with Crippen LogP contribution in [0.2, 0.25) is 0 Å². The van der Waals surface area contributed by atoms with E-state index in [1.807, 2.05) is 23.9 Å². The average molecular weight is 1130 g/mol. The molecule has 0 fully saturated rings. The molecule has 77 heavy (non-hydrogen) atoms. The third-order valence-corrected chi connectivity index (χ3v) is 17.0. The van der Waals surface area contributed by atoms with Crippen LogP contribution in [-0.4, -0.2) is 133 Å². The molecule has 0 aromatic heterocycles. The van der Waals surface area contributed by atoms with E-state index in [0.717, 1.165) is 95.3 Å². The molecule has 2 amide bonds. The van der Waals surface area contributed by atoms with Crippen LogP contribution in [0.15, 0.2) is 0 Å². The lowest BCUT2D eigenvalue weighted by atomic mass is 10.0. The van der Waals surface area contributed by atoms with Crippen molar-refractivity contribution in [3.05, 3.63) is 0 Å². The highest BCUT2D eigenvalue weighted by molar-refractivity contribution is 8.13. The number of carbonyl (C=O) groups excluding carboxylic acids is 4. The van der Waals surface area contributed by atoms with E-state index in [1.165, 1.54) is 190 Å². The first-order chi connectivity index (χ1) is 37.3. The minimum atomic E-state index is -0.0839. The summed E-state index contributed by atoms with van der Waals surface area (Å²) in [7, 11) is 8.19. The highest BCUT2D eigenvalue weighted by atomic mass is 32.2. The normalized spacial score (nSPS) is 11.9. The lowest BCUT2D eigenvalue weighted by Gasteiger charge is -2.24. The summed E-state index contributed by atoms with van der Waals surface area (Å²) in [6.45, 7) is 19.4. The molecule has 12 heteroatoms. The van der Waals surface area contributed by atoms with Gasteiger partial charge in [-0.05, 0) is 112 Å². The predicted molar refractivity (Wildman–Crippen MR) is 339 cm³/mol. The minimum absolute atomic E-state index is 0.0596. The molecule has 0 aromatic rings. The fraction of sp³-hybridized carbons (Fsp3) is 0.938. The summed E-state index contributed by atoms with van der Waals surface area (Å²) in [5, 5.41) is 0.317. The Kier molecular flexibility index (Phi) is 59.6. The number of hydrogen-bond acceptors (Lipinski definition) is 10. The molecule has 0 aliphatic carbocycles. The average Bonchev–Trinajstić information content (AvgIpc) is 3.40. The first-order valence-electron chi connectivity index (χ1n) is 32.8. The molecule has 0 bridgehead atoms. The topological polar surface area (TPSA) is 99.7 Å². The summed E-state index contributed by atoms with van der Waals surface area (Å²) in [4.78, 5) is 59.7. The van der Waals surface area contributed by atoms with E-state index in [1.54, 1.807) is 0 Å². The number of rotatable bonds is 54. The van der Waals surface area contributed by atoms with Crippen molar-refractivity contribution in [2.24, 2.45) is 0 Å². The van der Waals surface area contributed by atoms with Crippen LogP contribution in [0.4, 0.5) is 9.59 Å². The van der Waals surface area contributed by atoms with E-state index in [-0.39, 0.29) is 34.6 Å². The Morgan fingerprint density at radius 2 is 0.649 bits per heavy atom. The van der Waals surface area contributed by atoms with E-state index in [4.69, 9.17) is 9.47 Å². The molecule has 0 N–H and O–H groups in total. The number of amides is 2. The molecule has 10 nitrogen and oxygen atoms in total. The lowest BCUT2D eigenvalue weighted by molar-refractivity contribution is -0.151. The molecule has 0 saturated heterocycles. The van der Waals surface area contributed by atoms with Gasteiger partial charge < -0.3 is 29.1 Å². The molecule has 0 spiro atoms. The van der Waals surface area contributed by atoms with Crippen LogP contribution in [0, 0.1) is 0 Å². The third-order valence-electron chi connectivity index (χ3n) is 14.9. The summed E-state index contributed by atoms with van der Waals surface area (Å²) >= 11 is 2.84. The van der Waals surface area contributed by atoms with E-state index in [2.05, 4.69) is 72.4 Å². The van der Waals surface area contributed by atoms with Crippen molar-refractivity contribution in [2.45, 2.75) is 324 Å². The fourth-order valence-corrected chi connectivity index (χ4v) is 11.4. The van der Waals surface area contributed by atoms with Crippen molar-refractivity contribution in [1.82, 2.24) is 19.6 Å². The van der Waals surface area contributed by atoms with Gasteiger partial charge in [-0.25, -0.2) is 0 Å². The number of carbonyl (C=O) groups is 4. The Morgan fingerprint density at radius 1 is 0.364 bits per heavy atom. The van der Waals surface area contributed by atoms with E-state index in [9.17, 15) is 19.2 Å². The van der Waals surface area contributed by atoms with Crippen molar-refractivity contribution < 1.29 is 28.7 Å². The second kappa shape index (κ2) is 59.1. The molecular weight excluding hydrogens is 997 g/mol. The number of unbranched alkanes of at least 4 members (excludes halogenated alkanes) is 26. The van der Waals surface area contributed by atoms with Gasteiger partial charge in [-0.3, -0.25) is 19.2 Å². The molecule has 1 atom stereocenters. The quantitative estimate of drug-likeness (QED) is 0.0432. The molecule has 1 unspecified atom stereocenters. The Labute approximate surface area is 487 Å². The number of esters is 2. The van der Waals surface area contributed by atoms with Crippen LogP contribution >= 0.6 is 23.5 Å². The highest BCUT2D eigenvalue weighted by Gasteiger charge is 2.20. The SMILES string of the molecule is CCCCCCCCCCN(CCCC(=O)OC(CCCCCC)CCCCCC)C(=O)SCC(C)N(C)C.CCCCCCCCCCN(CCCC(=O)OC(CCCCCC)CCCCCC)C(=O)SCCN(C)C. The fourth-order valence-electron chi connectivity index (χ4n) is 9.34. The lowest BCUT2D eigenvalue weighted by Crippen LogP contribution is -2.33. The maximum Gasteiger partial charge on any atom is 0.306 e. The molecule has 0 aliphatic heterocycles. The van der Waals surface area contributed by atoms with Crippen molar-refractivity contribution >= 4 is 45.9 Å². The predicted octanol–water partition coefficient (Wildman–Crippen LogP) is 19.3. The van der Waals surface area contributed by atoms with E-state index >= 15 is 0 Å². The zero-order valence-electron chi connectivity index (χ0n) is 53.0. The minimum Gasteiger partial charge on any atom is -0.462 e. The van der Waals surface area contributed by atoms with Crippen LogP contribution in [0.1, 0.15) is 305 Å². The Hall–Kier alpha value is -1.50. The maximum absolute atomic E-state index is 13.1. The van der Waals surface area contributed by atoms with Gasteiger partial charge in [0, 0.05) is 63.1 Å². The Balaban J connectivity index is 0. The Morgan fingerprint density at radius 3 is 0.961 bits per heavy atom. The van der Waals surface area contributed by atoms with Gasteiger partial charge in [0.25, 0.3) is 10.5 Å². The van der Waals surface area contributed by atoms with Crippen LogP contribution in [0.5, 0.6) is 0 Å². The molecule has 0 aliphatic rings. The number of hydrogen-bond donors (Lipinski definition) is 0. The van der Waals surface area contributed by atoms with Gasteiger partial charge in [-0.15, -0.1) is 0 Å². The van der Waals surface area contributed by atoms with Crippen LogP contribution in [-0.2, 0) is 19.1 Å². The second-order valence-electron chi connectivity index (χ2n) is 23.1. The number of thioether (sulfide) groups is 2. The summed E-state index contributed by atoms with van der Waals surface area (Å²) in [6.07, 6.45) is 45.8. The monoisotopic (exact) mass is 1130 g/mol. The van der Waals surface area contributed by atoms with Crippen molar-refractivity contribution in [3.63, 3.8) is 0 Å². The van der Waals surface area contributed by atoms with Crippen LogP contribution in [0.3, 0.4) is 0 Å². The zero-order valence-corrected chi connectivity index (χ0v) is 54.7. The van der Waals surface area contributed by atoms with Crippen LogP contribution in [0.25, 0.3) is 0 Å². The van der Waals surface area contributed by atoms with Gasteiger partial charge in [0.1, 0.15) is 12.2 Å². The van der Waals surface area contributed by atoms with E-state index < -0.39 is 0 Å². The van der Waals surface area contributed by atoms with Gasteiger partial charge in [0.15, 0.2) is 0 Å². The van der Waals surface area contributed by atoms with Gasteiger partial charge in [-0.1, -0.05) is 232 Å². The molecule has 0 aromatic carbocycles. The maximum atomic E-state index is 13.1. The number of ether oxygens (including phenoxy) is 2. The molecule has 0 radical (unpaired) electrons. The molecular formula is C65H130N4O6S2. The molecule has 0 heterocycles. The van der Waals surface area contributed by atoms with Gasteiger partial charge in [-0.2, -0.15) is 0 Å². The van der Waals surface area contributed by atoms with Crippen molar-refractivity contribution in [1.29, 1.82) is 0 Å². The van der Waals surface area contributed by atoms with Gasteiger partial charge in [0.2, 0.25) is 0 Å². The van der Waals surface area contributed by atoms with E-state index in [0.29, 0.717) is 44.8 Å². The zero-order chi connectivity index (χ0) is 57.4. The summed E-state index contributed by atoms with van der Waals surface area (Å²) in [5.41, 5.74) is 0. The van der Waals surface area contributed by atoms with Crippen molar-refractivity contribution in [2.75, 3.05) is 72.4 Å². The van der Waals surface area contributed by atoms with Gasteiger partial charge in [0.05, 0.1) is 0 Å². The summed E-state index contributed by atoms with van der Waals surface area (Å²) in [5.74, 6) is 1.43. The molecule has 458 valence electrons. The van der Waals surface area contributed by atoms with Gasteiger partial charge >= 0.3 is 11.9 Å². The number of nitrogens with zero attached hydrogens (tertiary/aromatic N) is 4. The molecule has 0 rings (SSSR count). The first kappa shape index (κ1) is 77.6. The third kappa shape index (κ3) is 53.6. The van der Waals surface area contributed by atoms with Crippen molar-refractivity contribution in [3.8, 4) is 0 Å². The second-order valence-corrected chi connectivity index (χ2v) is 25.1. The first-order valence-corrected chi connectivity index (χ1v) is 34.8. The summed E-state index contributed by atoms with van der Waals surface area (Å²) in [6, 6.07) is 0.352. The smallest absolute Gasteiger partial charge is 0.306 e. The molecule has 0 saturated carbocycles. The standard InChI is InChI=1S/C33H66N2O3S.C32H64N2O3S/c1-7-10-13-16-17-18-19-22-27-35(33(37)39-29-30(4)34(5)6)28-23-26-32(36)38-31(24-20-14-11-8-2)25-21-15-12-9-3;1-6-9-12-15-16-17-18-21-26-34(32(36)38-29-28-33(4)5)27-22-25-31(35)37-30(23-19-13-10-7-2)24-20-14-11-8-3/h30-31H,7-29H2,1-6H3;30H,6-29H2,1-5H3. The highest BCUT2D eigenvalue weighted by Crippen LogP contribution is 2.21. The largest absolute Gasteiger partial charge is 0.462 e. The summed E-state index contributed by atoms with van der Waals surface area (Å²) < 4.78 is 11.9. The van der Waals surface area contributed by atoms with Crippen LogP contribution < -0.4 is 0 Å². The Bertz CT molecular complexity index is 1290.